The van der Waals surface area contributed by atoms with Crippen molar-refractivity contribution in [2.75, 3.05) is 10.8 Å². The normalized spacial score (nSPS) is 14.4. The first-order valence-corrected chi connectivity index (χ1v) is 16.5. The van der Waals surface area contributed by atoms with Crippen LogP contribution in [0.2, 0.25) is 20.1 Å². The van der Waals surface area contributed by atoms with Crippen LogP contribution in [0.25, 0.3) is 0 Å². The average molecular weight is 671 g/mol. The number of hydrogen-bond donors (Lipinski definition) is 1. The molecule has 1 aliphatic carbocycles. The van der Waals surface area contributed by atoms with Gasteiger partial charge in [-0.05, 0) is 67.3 Å². The fraction of sp³-hybridized carbons (Fsp3) is 0.333. The van der Waals surface area contributed by atoms with E-state index in [0.717, 1.165) is 30.0 Å². The molecule has 0 aromatic heterocycles. The van der Waals surface area contributed by atoms with Crippen LogP contribution < -0.4 is 9.62 Å². The van der Waals surface area contributed by atoms with Crippen molar-refractivity contribution in [3.63, 3.8) is 0 Å². The molecule has 12 heteroatoms. The summed E-state index contributed by atoms with van der Waals surface area (Å²) in [6.07, 6.45) is 4.10. The fourth-order valence-corrected chi connectivity index (χ4v) is 7.45. The van der Waals surface area contributed by atoms with Gasteiger partial charge in [-0.2, -0.15) is 0 Å². The number of hydrogen-bond acceptors (Lipinski definition) is 4. The van der Waals surface area contributed by atoms with E-state index in [4.69, 9.17) is 46.4 Å². The van der Waals surface area contributed by atoms with E-state index in [2.05, 4.69) is 5.32 Å². The standard InChI is InChI=1S/C30H31Cl4N3O4S/c1-2-28(30(39)35-24-8-6-7-9-24)36(18-20-12-13-21(31)17-27(20)34)29(38)19-37(25-15-22(32)14-23(33)16-25)42(40,41)26-10-4-3-5-11-26/h3-5,10-17,24,28H,2,6-9,18-19H2,1H3,(H,35,39)/t28-/m1/s1. The van der Waals surface area contributed by atoms with Crippen molar-refractivity contribution < 1.29 is 18.0 Å². The zero-order valence-corrected chi connectivity index (χ0v) is 26.7. The van der Waals surface area contributed by atoms with Crippen LogP contribution in [0.5, 0.6) is 0 Å². The maximum absolute atomic E-state index is 14.2. The first-order valence-electron chi connectivity index (χ1n) is 13.6. The van der Waals surface area contributed by atoms with Crippen molar-refractivity contribution in [1.82, 2.24) is 10.2 Å². The largest absolute Gasteiger partial charge is 0.352 e. The molecular weight excluding hydrogens is 640 g/mol. The molecule has 3 aromatic carbocycles. The monoisotopic (exact) mass is 669 g/mol. The molecule has 1 atom stereocenters. The van der Waals surface area contributed by atoms with Gasteiger partial charge in [0.1, 0.15) is 12.6 Å². The highest BCUT2D eigenvalue weighted by Crippen LogP contribution is 2.31. The van der Waals surface area contributed by atoms with E-state index in [1.54, 1.807) is 43.3 Å². The topological polar surface area (TPSA) is 86.8 Å². The molecule has 0 radical (unpaired) electrons. The smallest absolute Gasteiger partial charge is 0.264 e. The highest BCUT2D eigenvalue weighted by atomic mass is 35.5. The van der Waals surface area contributed by atoms with Gasteiger partial charge >= 0.3 is 0 Å². The number of carbonyl (C=O) groups excluding carboxylic acids is 2. The summed E-state index contributed by atoms with van der Waals surface area (Å²) >= 11 is 25.1. The molecule has 42 heavy (non-hydrogen) atoms. The minimum Gasteiger partial charge on any atom is -0.352 e. The average Bonchev–Trinajstić information content (AvgIpc) is 3.45. The molecule has 1 aliphatic rings. The molecular formula is C30H31Cl4N3O4S. The highest BCUT2D eigenvalue weighted by Gasteiger charge is 2.35. The van der Waals surface area contributed by atoms with Gasteiger partial charge in [0.05, 0.1) is 10.6 Å². The molecule has 1 N–H and O–H groups in total. The summed E-state index contributed by atoms with van der Waals surface area (Å²) in [6, 6.07) is 16.1. The van der Waals surface area contributed by atoms with Crippen LogP contribution in [-0.4, -0.2) is 43.8 Å². The van der Waals surface area contributed by atoms with E-state index in [-0.39, 0.29) is 39.1 Å². The molecule has 3 aromatic rings. The van der Waals surface area contributed by atoms with E-state index >= 15 is 0 Å². The molecule has 0 heterocycles. The van der Waals surface area contributed by atoms with Gasteiger partial charge in [0, 0.05) is 32.7 Å². The number of nitrogens with zero attached hydrogens (tertiary/aromatic N) is 2. The predicted molar refractivity (Wildman–Crippen MR) is 169 cm³/mol. The summed E-state index contributed by atoms with van der Waals surface area (Å²) in [6.45, 7) is 1.14. The Kier molecular flexibility index (Phi) is 11.1. The Bertz CT molecular complexity index is 1510. The van der Waals surface area contributed by atoms with Gasteiger partial charge in [0.25, 0.3) is 10.0 Å². The second-order valence-corrected chi connectivity index (χ2v) is 13.7. The van der Waals surface area contributed by atoms with Gasteiger partial charge in [-0.25, -0.2) is 8.42 Å². The van der Waals surface area contributed by atoms with Gasteiger partial charge < -0.3 is 10.2 Å². The Hall–Kier alpha value is -2.49. The third-order valence-electron chi connectivity index (χ3n) is 7.19. The number of benzene rings is 3. The van der Waals surface area contributed by atoms with Crippen LogP contribution >= 0.6 is 46.4 Å². The van der Waals surface area contributed by atoms with E-state index in [1.807, 2.05) is 0 Å². The molecule has 2 amide bonds. The Morgan fingerprint density at radius 3 is 2.14 bits per heavy atom. The minimum absolute atomic E-state index is 0.0211. The Labute approximate surface area is 266 Å². The van der Waals surface area contributed by atoms with E-state index in [1.165, 1.54) is 35.2 Å². The first kappa shape index (κ1) is 32.4. The lowest BCUT2D eigenvalue weighted by Gasteiger charge is -2.34. The van der Waals surface area contributed by atoms with Crippen molar-refractivity contribution in [3.8, 4) is 0 Å². The molecule has 7 nitrogen and oxygen atoms in total. The summed E-state index contributed by atoms with van der Waals surface area (Å²) in [7, 11) is -4.25. The molecule has 224 valence electrons. The Morgan fingerprint density at radius 2 is 1.55 bits per heavy atom. The molecule has 0 saturated heterocycles. The van der Waals surface area contributed by atoms with Crippen molar-refractivity contribution in [2.45, 2.75) is 62.6 Å². The molecule has 0 aliphatic heterocycles. The summed E-state index contributed by atoms with van der Waals surface area (Å²) < 4.78 is 28.8. The molecule has 4 rings (SSSR count). The van der Waals surface area contributed by atoms with Gasteiger partial charge in [0.15, 0.2) is 0 Å². The number of anilines is 1. The van der Waals surface area contributed by atoms with Gasteiger partial charge in [-0.15, -0.1) is 0 Å². The van der Waals surface area contributed by atoms with Gasteiger partial charge in [0.2, 0.25) is 11.8 Å². The van der Waals surface area contributed by atoms with E-state index in [0.29, 0.717) is 22.0 Å². The first-order chi connectivity index (χ1) is 20.0. The molecule has 0 spiro atoms. The maximum atomic E-state index is 14.2. The SMILES string of the molecule is CC[C@H](C(=O)NC1CCCC1)N(Cc1ccc(Cl)cc1Cl)C(=O)CN(c1cc(Cl)cc(Cl)c1)S(=O)(=O)c1ccccc1. The predicted octanol–water partition coefficient (Wildman–Crippen LogP) is 7.36. The third kappa shape index (κ3) is 7.91. The maximum Gasteiger partial charge on any atom is 0.264 e. The third-order valence-corrected chi connectivity index (χ3v) is 10.0. The van der Waals surface area contributed by atoms with Crippen LogP contribution in [0.3, 0.4) is 0 Å². The number of amides is 2. The number of carbonyl (C=O) groups is 2. The van der Waals surface area contributed by atoms with Crippen molar-refractivity contribution in [1.29, 1.82) is 0 Å². The number of sulfonamides is 1. The van der Waals surface area contributed by atoms with Crippen LogP contribution in [0.4, 0.5) is 5.69 Å². The lowest BCUT2D eigenvalue weighted by Crippen LogP contribution is -2.53. The second-order valence-electron chi connectivity index (χ2n) is 10.1. The summed E-state index contributed by atoms with van der Waals surface area (Å²) in [5.74, 6) is -0.906. The zero-order chi connectivity index (χ0) is 30.4. The Morgan fingerprint density at radius 1 is 0.905 bits per heavy atom. The van der Waals surface area contributed by atoms with Crippen LogP contribution in [0.1, 0.15) is 44.6 Å². The van der Waals surface area contributed by atoms with Crippen molar-refractivity contribution in [3.05, 3.63) is 92.4 Å². The summed E-state index contributed by atoms with van der Waals surface area (Å²) in [5, 5.41) is 4.22. The molecule has 0 bridgehead atoms. The second kappa shape index (κ2) is 14.3. The van der Waals surface area contributed by atoms with Gasteiger partial charge in [-0.1, -0.05) is 90.4 Å². The van der Waals surface area contributed by atoms with Crippen molar-refractivity contribution >= 4 is 73.9 Å². The van der Waals surface area contributed by atoms with Crippen LogP contribution in [0.15, 0.2) is 71.6 Å². The zero-order valence-electron chi connectivity index (χ0n) is 22.9. The highest BCUT2D eigenvalue weighted by molar-refractivity contribution is 7.92. The summed E-state index contributed by atoms with van der Waals surface area (Å²) in [5.41, 5.74) is 0.669. The fourth-order valence-electron chi connectivity index (χ4n) is 5.05. The number of nitrogens with one attached hydrogen (secondary N) is 1. The van der Waals surface area contributed by atoms with E-state index < -0.39 is 28.5 Å². The molecule has 1 saturated carbocycles. The lowest BCUT2D eigenvalue weighted by atomic mass is 10.1. The Balaban J connectivity index is 1.75. The quantitative estimate of drug-likeness (QED) is 0.231. The van der Waals surface area contributed by atoms with Crippen LogP contribution in [0, 0.1) is 0 Å². The molecule has 0 unspecified atom stereocenters. The van der Waals surface area contributed by atoms with Crippen LogP contribution in [-0.2, 0) is 26.2 Å². The van der Waals surface area contributed by atoms with Gasteiger partial charge in [-0.3, -0.25) is 13.9 Å². The summed E-state index contributed by atoms with van der Waals surface area (Å²) in [4.78, 5) is 29.1. The number of rotatable bonds is 11. The molecule has 1 fully saturated rings. The number of halogens is 4. The lowest BCUT2D eigenvalue weighted by molar-refractivity contribution is -0.140. The van der Waals surface area contributed by atoms with E-state index in [9.17, 15) is 18.0 Å². The minimum atomic E-state index is -4.25. The van der Waals surface area contributed by atoms with Crippen molar-refractivity contribution in [2.24, 2.45) is 0 Å².